The van der Waals surface area contributed by atoms with Crippen LogP contribution in [0.1, 0.15) is 17.0 Å². The Morgan fingerprint density at radius 2 is 1.65 bits per heavy atom. The van der Waals surface area contributed by atoms with Crippen LogP contribution in [0.4, 0.5) is 8.78 Å². The van der Waals surface area contributed by atoms with Gasteiger partial charge in [0.1, 0.15) is 17.7 Å². The number of rotatable bonds is 1. The molecule has 1 aromatic heterocycles. The minimum Gasteiger partial charge on any atom is -0.316 e. The van der Waals surface area contributed by atoms with Gasteiger partial charge in [0.05, 0.1) is 11.3 Å². The fourth-order valence-corrected chi connectivity index (χ4v) is 1.84. The van der Waals surface area contributed by atoms with Gasteiger partial charge in [-0.15, -0.1) is 0 Å². The first-order valence-electron chi connectivity index (χ1n) is 5.09. The highest BCUT2D eigenvalue weighted by molar-refractivity contribution is 5.44. The zero-order valence-electron chi connectivity index (χ0n) is 9.46. The van der Waals surface area contributed by atoms with Gasteiger partial charge in [0.2, 0.25) is 0 Å². The van der Waals surface area contributed by atoms with Crippen LogP contribution in [-0.4, -0.2) is 4.57 Å². The van der Waals surface area contributed by atoms with Crippen molar-refractivity contribution < 1.29 is 8.78 Å². The second-order valence-electron chi connectivity index (χ2n) is 3.85. The van der Waals surface area contributed by atoms with Crippen LogP contribution in [0.5, 0.6) is 0 Å². The topological polar surface area (TPSA) is 28.7 Å². The molecule has 2 nitrogen and oxygen atoms in total. The lowest BCUT2D eigenvalue weighted by Crippen LogP contribution is -2.03. The van der Waals surface area contributed by atoms with Gasteiger partial charge >= 0.3 is 0 Å². The molecule has 2 aromatic rings. The summed E-state index contributed by atoms with van der Waals surface area (Å²) in [6.07, 6.45) is 0. The van der Waals surface area contributed by atoms with Crippen LogP contribution in [0.25, 0.3) is 5.69 Å². The highest BCUT2D eigenvalue weighted by Gasteiger charge is 2.13. The normalized spacial score (nSPS) is 10.3. The van der Waals surface area contributed by atoms with E-state index >= 15 is 0 Å². The molecule has 0 saturated heterocycles. The largest absolute Gasteiger partial charge is 0.316 e. The van der Waals surface area contributed by atoms with E-state index in [0.29, 0.717) is 0 Å². The monoisotopic (exact) mass is 232 g/mol. The highest BCUT2D eigenvalue weighted by Crippen LogP contribution is 2.22. The first-order valence-corrected chi connectivity index (χ1v) is 5.09. The van der Waals surface area contributed by atoms with Crippen molar-refractivity contribution in [2.75, 3.05) is 0 Å². The summed E-state index contributed by atoms with van der Waals surface area (Å²) in [5.41, 5.74) is 1.46. The average Bonchev–Trinajstić information content (AvgIpc) is 2.62. The van der Waals surface area contributed by atoms with Crippen LogP contribution in [0, 0.1) is 36.8 Å². The molecule has 1 aromatic carbocycles. The SMILES string of the molecule is Cc1ccc(C)n1-c1cc(F)c(C#N)cc1F. The lowest BCUT2D eigenvalue weighted by Gasteiger charge is -2.11. The van der Waals surface area contributed by atoms with Gasteiger partial charge in [-0.25, -0.2) is 8.78 Å². The van der Waals surface area contributed by atoms with Gasteiger partial charge in [-0.05, 0) is 32.0 Å². The number of hydrogen-bond acceptors (Lipinski definition) is 1. The van der Waals surface area contributed by atoms with Crippen molar-refractivity contribution in [2.45, 2.75) is 13.8 Å². The van der Waals surface area contributed by atoms with Crippen molar-refractivity contribution in [3.63, 3.8) is 0 Å². The molecule has 0 N–H and O–H groups in total. The molecule has 0 aliphatic carbocycles. The van der Waals surface area contributed by atoms with Crippen LogP contribution >= 0.6 is 0 Å². The van der Waals surface area contributed by atoms with Crippen molar-refractivity contribution in [3.8, 4) is 11.8 Å². The Balaban J connectivity index is 2.70. The van der Waals surface area contributed by atoms with E-state index in [2.05, 4.69) is 0 Å². The first kappa shape index (κ1) is 11.3. The van der Waals surface area contributed by atoms with Gasteiger partial charge in [0, 0.05) is 17.5 Å². The summed E-state index contributed by atoms with van der Waals surface area (Å²) in [7, 11) is 0. The van der Waals surface area contributed by atoms with Crippen LogP contribution in [0.3, 0.4) is 0 Å². The summed E-state index contributed by atoms with van der Waals surface area (Å²) in [6, 6.07) is 7.23. The van der Waals surface area contributed by atoms with E-state index in [1.165, 1.54) is 0 Å². The minimum atomic E-state index is -0.712. The molecule has 0 amide bonds. The lowest BCUT2D eigenvalue weighted by atomic mass is 10.2. The number of halogens is 2. The maximum atomic E-state index is 13.8. The Morgan fingerprint density at radius 3 is 2.18 bits per heavy atom. The number of aryl methyl sites for hydroxylation is 2. The van der Waals surface area contributed by atoms with Gasteiger partial charge < -0.3 is 4.57 Å². The molecule has 0 bridgehead atoms. The molecule has 4 heteroatoms. The fraction of sp³-hybridized carbons (Fsp3) is 0.154. The third-order valence-electron chi connectivity index (χ3n) is 2.67. The van der Waals surface area contributed by atoms with Gasteiger partial charge in [-0.2, -0.15) is 5.26 Å². The molecule has 0 aliphatic rings. The van der Waals surface area contributed by atoms with Crippen molar-refractivity contribution in [1.82, 2.24) is 4.57 Å². The Hall–Kier alpha value is -2.15. The number of nitriles is 1. The van der Waals surface area contributed by atoms with Gasteiger partial charge in [-0.1, -0.05) is 0 Å². The molecule has 0 aliphatic heterocycles. The van der Waals surface area contributed by atoms with E-state index in [1.807, 2.05) is 26.0 Å². The molecule has 0 saturated carbocycles. The van der Waals surface area contributed by atoms with E-state index in [1.54, 1.807) is 10.6 Å². The number of hydrogen-bond donors (Lipinski definition) is 0. The van der Waals surface area contributed by atoms with E-state index < -0.39 is 11.6 Å². The van der Waals surface area contributed by atoms with Crippen LogP contribution in [-0.2, 0) is 0 Å². The number of benzene rings is 1. The zero-order chi connectivity index (χ0) is 12.6. The molecule has 0 atom stereocenters. The Labute approximate surface area is 97.7 Å². The molecule has 0 radical (unpaired) electrons. The predicted molar refractivity (Wildman–Crippen MR) is 59.9 cm³/mol. The average molecular weight is 232 g/mol. The van der Waals surface area contributed by atoms with E-state index in [4.69, 9.17) is 5.26 Å². The van der Waals surface area contributed by atoms with E-state index in [-0.39, 0.29) is 11.3 Å². The van der Waals surface area contributed by atoms with Crippen LogP contribution < -0.4 is 0 Å². The Kier molecular flexibility index (Phi) is 2.68. The van der Waals surface area contributed by atoms with E-state index in [0.717, 1.165) is 23.5 Å². The smallest absolute Gasteiger partial charge is 0.148 e. The second kappa shape index (κ2) is 4.02. The Morgan fingerprint density at radius 1 is 1.06 bits per heavy atom. The molecule has 0 fully saturated rings. The molecular weight excluding hydrogens is 222 g/mol. The van der Waals surface area contributed by atoms with Crippen LogP contribution in [0.15, 0.2) is 24.3 Å². The first-order chi connectivity index (χ1) is 8.04. The fourth-order valence-electron chi connectivity index (χ4n) is 1.84. The van der Waals surface area contributed by atoms with Crippen LogP contribution in [0.2, 0.25) is 0 Å². The maximum absolute atomic E-state index is 13.8. The summed E-state index contributed by atoms with van der Waals surface area (Å²) < 4.78 is 28.9. The minimum absolute atomic E-state index is 0.126. The third kappa shape index (κ3) is 1.80. The summed E-state index contributed by atoms with van der Waals surface area (Å²) >= 11 is 0. The molecule has 0 spiro atoms. The van der Waals surface area contributed by atoms with Crippen molar-refractivity contribution in [1.29, 1.82) is 5.26 Å². The van der Waals surface area contributed by atoms with E-state index in [9.17, 15) is 8.78 Å². The summed E-state index contributed by atoms with van der Waals surface area (Å²) in [5, 5.41) is 8.61. The summed E-state index contributed by atoms with van der Waals surface area (Å²) in [6.45, 7) is 3.62. The molecule has 17 heavy (non-hydrogen) atoms. The van der Waals surface area contributed by atoms with Crippen molar-refractivity contribution >= 4 is 0 Å². The van der Waals surface area contributed by atoms with Crippen molar-refractivity contribution in [3.05, 3.63) is 52.9 Å². The zero-order valence-corrected chi connectivity index (χ0v) is 9.46. The van der Waals surface area contributed by atoms with Gasteiger partial charge in [0.15, 0.2) is 0 Å². The molecule has 86 valence electrons. The number of aromatic nitrogens is 1. The molecule has 1 heterocycles. The second-order valence-corrected chi connectivity index (χ2v) is 3.85. The van der Waals surface area contributed by atoms with Gasteiger partial charge in [-0.3, -0.25) is 0 Å². The quantitative estimate of drug-likeness (QED) is 0.742. The highest BCUT2D eigenvalue weighted by atomic mass is 19.1. The third-order valence-corrected chi connectivity index (χ3v) is 2.67. The Bertz CT molecular complexity index is 602. The number of nitrogens with zero attached hydrogens (tertiary/aromatic N) is 2. The standard InChI is InChI=1S/C13H10F2N2/c1-8-3-4-9(2)17(8)13-6-11(14)10(7-16)5-12(13)15/h3-6H,1-2H3. The molecule has 0 unspecified atom stereocenters. The lowest BCUT2D eigenvalue weighted by molar-refractivity contribution is 0.588. The summed E-state index contributed by atoms with van der Waals surface area (Å²) in [4.78, 5) is 0. The van der Waals surface area contributed by atoms with Gasteiger partial charge in [0.25, 0.3) is 0 Å². The maximum Gasteiger partial charge on any atom is 0.148 e. The molecular formula is C13H10F2N2. The van der Waals surface area contributed by atoms with Crippen molar-refractivity contribution in [2.24, 2.45) is 0 Å². The predicted octanol–water partition coefficient (Wildman–Crippen LogP) is 3.24. The molecule has 2 rings (SSSR count). The summed E-state index contributed by atoms with van der Waals surface area (Å²) in [5.74, 6) is -1.32.